The minimum absolute atomic E-state index is 0.175. The number of amides is 1. The van der Waals surface area contributed by atoms with Gasteiger partial charge in [-0.3, -0.25) is 4.79 Å². The molecule has 2 rings (SSSR count). The predicted octanol–water partition coefficient (Wildman–Crippen LogP) is 0.447. The molecule has 2 aliphatic rings. The summed E-state index contributed by atoms with van der Waals surface area (Å²) in [7, 11) is 0. The smallest absolute Gasteiger partial charge is 0.223 e. The monoisotopic (exact) mass is 224 g/mol. The van der Waals surface area contributed by atoms with Crippen molar-refractivity contribution in [2.45, 2.75) is 25.3 Å². The fourth-order valence-electron chi connectivity index (χ4n) is 2.15. The Morgan fingerprint density at radius 2 is 2.44 bits per heavy atom. The molecule has 0 spiro atoms. The predicted molar refractivity (Wildman–Crippen MR) is 62.1 cm³/mol. The van der Waals surface area contributed by atoms with Crippen LogP contribution in [0.15, 0.2) is 12.2 Å². The van der Waals surface area contributed by atoms with Crippen molar-refractivity contribution in [3.05, 3.63) is 12.2 Å². The van der Waals surface area contributed by atoms with E-state index < -0.39 is 0 Å². The first kappa shape index (κ1) is 11.6. The average Bonchev–Trinajstić information content (AvgIpc) is 2.38. The van der Waals surface area contributed by atoms with Gasteiger partial charge in [0, 0.05) is 25.0 Å². The minimum atomic E-state index is 0.175. The molecule has 4 nitrogen and oxygen atoms in total. The van der Waals surface area contributed by atoms with Crippen molar-refractivity contribution < 1.29 is 9.53 Å². The lowest BCUT2D eigenvalue weighted by atomic mass is 9.93. The van der Waals surface area contributed by atoms with Crippen molar-refractivity contribution in [3.63, 3.8) is 0 Å². The van der Waals surface area contributed by atoms with Gasteiger partial charge in [0.25, 0.3) is 0 Å². The van der Waals surface area contributed by atoms with E-state index in [2.05, 4.69) is 22.8 Å². The van der Waals surface area contributed by atoms with Crippen LogP contribution in [-0.4, -0.2) is 38.3 Å². The number of ether oxygens (including phenoxy) is 1. The van der Waals surface area contributed by atoms with Crippen LogP contribution in [0, 0.1) is 5.92 Å². The van der Waals surface area contributed by atoms with Crippen molar-refractivity contribution >= 4 is 5.91 Å². The fourth-order valence-corrected chi connectivity index (χ4v) is 2.15. The van der Waals surface area contributed by atoms with Crippen LogP contribution in [0.5, 0.6) is 0 Å². The number of carbonyl (C=O) groups excluding carboxylic acids is 1. The van der Waals surface area contributed by atoms with Gasteiger partial charge in [0.1, 0.15) is 0 Å². The Morgan fingerprint density at radius 1 is 1.50 bits per heavy atom. The average molecular weight is 224 g/mol. The largest absolute Gasteiger partial charge is 0.378 e. The number of morpholine rings is 1. The van der Waals surface area contributed by atoms with E-state index in [1.54, 1.807) is 0 Å². The standard InChI is InChI=1S/C12H20N2O2/c15-12(10-4-2-1-3-5-10)14-8-11-9-16-7-6-13-11/h1-2,10-11,13H,3-9H2,(H,14,15). The number of hydrogen-bond acceptors (Lipinski definition) is 3. The van der Waals surface area contributed by atoms with Crippen LogP contribution >= 0.6 is 0 Å². The van der Waals surface area contributed by atoms with E-state index in [9.17, 15) is 4.79 Å². The molecule has 1 fully saturated rings. The zero-order valence-corrected chi connectivity index (χ0v) is 9.58. The van der Waals surface area contributed by atoms with E-state index >= 15 is 0 Å². The zero-order chi connectivity index (χ0) is 11.2. The molecule has 1 heterocycles. The van der Waals surface area contributed by atoms with Gasteiger partial charge in [0.2, 0.25) is 5.91 Å². The molecule has 0 aromatic carbocycles. The summed E-state index contributed by atoms with van der Waals surface area (Å²) in [6.07, 6.45) is 7.16. The lowest BCUT2D eigenvalue weighted by molar-refractivity contribution is -0.125. The molecular weight excluding hydrogens is 204 g/mol. The Labute approximate surface area is 96.4 Å². The SMILES string of the molecule is O=C(NCC1COCCN1)C1CC=CCC1. The summed E-state index contributed by atoms with van der Waals surface area (Å²) in [6.45, 7) is 3.04. The highest BCUT2D eigenvalue weighted by molar-refractivity contribution is 5.79. The summed E-state index contributed by atoms with van der Waals surface area (Å²) in [5, 5.41) is 6.33. The zero-order valence-electron chi connectivity index (χ0n) is 9.58. The Kier molecular flexibility index (Phi) is 4.36. The highest BCUT2D eigenvalue weighted by Gasteiger charge is 2.20. The van der Waals surface area contributed by atoms with E-state index in [1.165, 1.54) is 0 Å². The van der Waals surface area contributed by atoms with Crippen molar-refractivity contribution in [1.82, 2.24) is 10.6 Å². The molecule has 2 unspecified atom stereocenters. The van der Waals surface area contributed by atoms with Crippen LogP contribution in [0.3, 0.4) is 0 Å². The van der Waals surface area contributed by atoms with Gasteiger partial charge in [-0.05, 0) is 19.3 Å². The number of allylic oxidation sites excluding steroid dienone is 2. The van der Waals surface area contributed by atoms with Gasteiger partial charge in [-0.15, -0.1) is 0 Å². The lowest BCUT2D eigenvalue weighted by Gasteiger charge is -2.25. The van der Waals surface area contributed by atoms with Gasteiger partial charge >= 0.3 is 0 Å². The molecule has 0 radical (unpaired) electrons. The number of nitrogens with one attached hydrogen (secondary N) is 2. The first-order valence-electron chi connectivity index (χ1n) is 6.10. The van der Waals surface area contributed by atoms with E-state index in [-0.39, 0.29) is 17.9 Å². The maximum Gasteiger partial charge on any atom is 0.223 e. The van der Waals surface area contributed by atoms with Gasteiger partial charge in [-0.25, -0.2) is 0 Å². The van der Waals surface area contributed by atoms with E-state index in [0.717, 1.165) is 32.4 Å². The van der Waals surface area contributed by atoms with Crippen LogP contribution in [0.4, 0.5) is 0 Å². The van der Waals surface area contributed by atoms with Crippen LogP contribution in [0.1, 0.15) is 19.3 Å². The lowest BCUT2D eigenvalue weighted by Crippen LogP contribution is -2.49. The summed E-state index contributed by atoms with van der Waals surface area (Å²) in [5.41, 5.74) is 0. The highest BCUT2D eigenvalue weighted by Crippen LogP contribution is 2.17. The molecule has 16 heavy (non-hydrogen) atoms. The maximum atomic E-state index is 11.8. The van der Waals surface area contributed by atoms with Gasteiger partial charge in [0.05, 0.1) is 13.2 Å². The second-order valence-electron chi connectivity index (χ2n) is 4.45. The second-order valence-corrected chi connectivity index (χ2v) is 4.45. The third-order valence-electron chi connectivity index (χ3n) is 3.16. The number of rotatable bonds is 3. The molecule has 2 N–H and O–H groups in total. The molecule has 0 saturated carbocycles. The summed E-state index contributed by atoms with van der Waals surface area (Å²) >= 11 is 0. The molecule has 0 aromatic rings. The Hall–Kier alpha value is -0.870. The maximum absolute atomic E-state index is 11.8. The van der Waals surface area contributed by atoms with Crippen molar-refractivity contribution in [1.29, 1.82) is 0 Å². The van der Waals surface area contributed by atoms with Crippen molar-refractivity contribution in [2.24, 2.45) is 5.92 Å². The molecule has 1 aliphatic heterocycles. The van der Waals surface area contributed by atoms with Crippen LogP contribution in [-0.2, 0) is 9.53 Å². The minimum Gasteiger partial charge on any atom is -0.378 e. The van der Waals surface area contributed by atoms with Gasteiger partial charge in [-0.2, -0.15) is 0 Å². The molecule has 2 atom stereocenters. The molecule has 0 aromatic heterocycles. The van der Waals surface area contributed by atoms with E-state index in [1.807, 2.05) is 0 Å². The Balaban J connectivity index is 1.68. The van der Waals surface area contributed by atoms with Crippen LogP contribution in [0.2, 0.25) is 0 Å². The first-order chi connectivity index (χ1) is 7.86. The third-order valence-corrected chi connectivity index (χ3v) is 3.16. The molecule has 4 heteroatoms. The van der Waals surface area contributed by atoms with E-state index in [4.69, 9.17) is 4.74 Å². The quantitative estimate of drug-likeness (QED) is 0.684. The molecule has 1 amide bonds. The molecule has 90 valence electrons. The normalized spacial score (nSPS) is 30.0. The fraction of sp³-hybridized carbons (Fsp3) is 0.750. The Bertz CT molecular complexity index is 260. The second kappa shape index (κ2) is 6.01. The summed E-state index contributed by atoms with van der Waals surface area (Å²) in [6, 6.07) is 0.275. The highest BCUT2D eigenvalue weighted by atomic mass is 16.5. The first-order valence-corrected chi connectivity index (χ1v) is 6.10. The molecule has 1 aliphatic carbocycles. The summed E-state index contributed by atoms with van der Waals surface area (Å²) < 4.78 is 5.33. The molecule has 1 saturated heterocycles. The molecular formula is C12H20N2O2. The topological polar surface area (TPSA) is 50.4 Å². The van der Waals surface area contributed by atoms with Gasteiger partial charge in [-0.1, -0.05) is 12.2 Å². The van der Waals surface area contributed by atoms with Crippen molar-refractivity contribution in [2.75, 3.05) is 26.3 Å². The van der Waals surface area contributed by atoms with Crippen molar-refractivity contribution in [3.8, 4) is 0 Å². The summed E-state index contributed by atoms with van der Waals surface area (Å²) in [5.74, 6) is 0.367. The van der Waals surface area contributed by atoms with Gasteiger partial charge < -0.3 is 15.4 Å². The van der Waals surface area contributed by atoms with E-state index in [0.29, 0.717) is 13.2 Å². The van der Waals surface area contributed by atoms with Crippen LogP contribution in [0.25, 0.3) is 0 Å². The van der Waals surface area contributed by atoms with Crippen LogP contribution < -0.4 is 10.6 Å². The number of carbonyl (C=O) groups is 1. The summed E-state index contributed by atoms with van der Waals surface area (Å²) in [4.78, 5) is 11.8. The molecule has 0 bridgehead atoms. The van der Waals surface area contributed by atoms with Gasteiger partial charge in [0.15, 0.2) is 0 Å². The number of hydrogen-bond donors (Lipinski definition) is 2. The Morgan fingerprint density at radius 3 is 3.12 bits per heavy atom. The third kappa shape index (κ3) is 3.32.